The summed E-state index contributed by atoms with van der Waals surface area (Å²) in [5.74, 6) is -1.67. The molecule has 3 aromatic rings. The molecule has 0 aliphatic carbocycles. The Balaban J connectivity index is 1.91. The molecule has 1 aliphatic rings. The molecule has 1 aromatic heterocycles. The zero-order valence-electron chi connectivity index (χ0n) is 21.6. The molecule has 186 valence electrons. The van der Waals surface area contributed by atoms with Crippen molar-refractivity contribution < 1.29 is 19.1 Å². The van der Waals surface area contributed by atoms with Gasteiger partial charge in [0.15, 0.2) is 0 Å². The van der Waals surface area contributed by atoms with Crippen LogP contribution in [0.25, 0.3) is 21.8 Å². The fourth-order valence-corrected chi connectivity index (χ4v) is 5.96. The van der Waals surface area contributed by atoms with Crippen LogP contribution < -0.4 is 5.32 Å². The molecule has 0 amide bonds. The molecule has 0 fully saturated rings. The SMILES string of the molecule is COC(=O)C1=C(C)NC(C)=C(C(=O)OC)C1c1ccccc1-c1nc(-c2c(C)cc(C)cc2C)cs1. The Morgan fingerprint density at radius 3 is 2.00 bits per heavy atom. The number of rotatable bonds is 5. The van der Waals surface area contributed by atoms with Gasteiger partial charge in [-0.3, -0.25) is 0 Å². The van der Waals surface area contributed by atoms with Crippen LogP contribution in [0.15, 0.2) is 64.3 Å². The molecule has 2 heterocycles. The lowest BCUT2D eigenvalue weighted by Crippen LogP contribution is -2.32. The molecule has 0 unspecified atom stereocenters. The molecule has 0 atom stereocenters. The highest BCUT2D eigenvalue weighted by atomic mass is 32.1. The Morgan fingerprint density at radius 1 is 0.889 bits per heavy atom. The molecule has 4 rings (SSSR count). The zero-order valence-corrected chi connectivity index (χ0v) is 22.4. The van der Waals surface area contributed by atoms with Gasteiger partial charge in [0.1, 0.15) is 5.01 Å². The van der Waals surface area contributed by atoms with E-state index in [1.165, 1.54) is 42.2 Å². The Hall–Kier alpha value is -3.71. The van der Waals surface area contributed by atoms with Crippen LogP contribution in [0.4, 0.5) is 0 Å². The van der Waals surface area contributed by atoms with E-state index in [1.807, 2.05) is 38.1 Å². The van der Waals surface area contributed by atoms with Crippen molar-refractivity contribution in [2.45, 2.75) is 40.5 Å². The summed E-state index contributed by atoms with van der Waals surface area (Å²) in [6.07, 6.45) is 0. The first-order chi connectivity index (χ1) is 17.2. The van der Waals surface area contributed by atoms with E-state index in [-0.39, 0.29) is 0 Å². The Labute approximate surface area is 215 Å². The van der Waals surface area contributed by atoms with Gasteiger partial charge in [0.25, 0.3) is 0 Å². The highest BCUT2D eigenvalue weighted by Gasteiger charge is 2.39. The minimum Gasteiger partial charge on any atom is -0.466 e. The standard InChI is InChI=1S/C29H30N2O4S/c1-15-12-16(2)23(17(3)13-15)22-14-36-27(31-22)21-11-9-8-10-20(21)26-24(28(32)34-6)18(4)30-19(5)25(26)29(33)35-7/h8-14,26,30H,1-7H3. The highest BCUT2D eigenvalue weighted by Crippen LogP contribution is 2.44. The maximum Gasteiger partial charge on any atom is 0.336 e. The van der Waals surface area contributed by atoms with E-state index in [1.54, 1.807) is 0 Å². The van der Waals surface area contributed by atoms with Gasteiger partial charge >= 0.3 is 11.9 Å². The smallest absolute Gasteiger partial charge is 0.336 e. The number of carbonyl (C=O) groups excluding carboxylic acids is 2. The van der Waals surface area contributed by atoms with Crippen LogP contribution in [0.5, 0.6) is 0 Å². The number of aryl methyl sites for hydroxylation is 3. The summed E-state index contributed by atoms with van der Waals surface area (Å²) in [6.45, 7) is 9.91. The lowest BCUT2D eigenvalue weighted by atomic mass is 9.78. The molecule has 7 heteroatoms. The predicted molar refractivity (Wildman–Crippen MR) is 143 cm³/mol. The van der Waals surface area contributed by atoms with Crippen molar-refractivity contribution in [2.24, 2.45) is 0 Å². The third-order valence-electron chi connectivity index (χ3n) is 6.51. The van der Waals surface area contributed by atoms with Crippen molar-refractivity contribution in [3.63, 3.8) is 0 Å². The minimum absolute atomic E-state index is 0.373. The largest absolute Gasteiger partial charge is 0.466 e. The lowest BCUT2D eigenvalue weighted by Gasteiger charge is -2.31. The number of hydrogen-bond acceptors (Lipinski definition) is 7. The van der Waals surface area contributed by atoms with E-state index < -0.39 is 17.9 Å². The first-order valence-corrected chi connectivity index (χ1v) is 12.5. The molecule has 0 bridgehead atoms. The van der Waals surface area contributed by atoms with E-state index in [2.05, 4.69) is 43.6 Å². The first kappa shape index (κ1) is 25.4. The number of carbonyl (C=O) groups is 2. The van der Waals surface area contributed by atoms with Gasteiger partial charge < -0.3 is 14.8 Å². The van der Waals surface area contributed by atoms with Gasteiger partial charge in [-0.1, -0.05) is 42.0 Å². The fourth-order valence-electron chi connectivity index (χ4n) is 5.11. The van der Waals surface area contributed by atoms with Crippen LogP contribution in [0, 0.1) is 20.8 Å². The third-order valence-corrected chi connectivity index (χ3v) is 7.39. The van der Waals surface area contributed by atoms with Gasteiger partial charge in [0.2, 0.25) is 0 Å². The summed E-state index contributed by atoms with van der Waals surface area (Å²) in [6, 6.07) is 12.1. The summed E-state index contributed by atoms with van der Waals surface area (Å²) in [5, 5.41) is 6.02. The number of allylic oxidation sites excluding steroid dienone is 2. The number of nitrogens with zero attached hydrogens (tertiary/aromatic N) is 1. The van der Waals surface area contributed by atoms with E-state index in [4.69, 9.17) is 14.5 Å². The average molecular weight is 503 g/mol. The maximum atomic E-state index is 13.0. The van der Waals surface area contributed by atoms with Gasteiger partial charge in [-0.2, -0.15) is 0 Å². The second kappa shape index (κ2) is 10.1. The number of ether oxygens (including phenoxy) is 2. The molecule has 0 spiro atoms. The summed E-state index contributed by atoms with van der Waals surface area (Å²) >= 11 is 1.54. The fraction of sp³-hybridized carbons (Fsp3) is 0.276. The maximum absolute atomic E-state index is 13.0. The van der Waals surface area contributed by atoms with E-state index in [0.29, 0.717) is 22.5 Å². The molecular formula is C29H30N2O4S. The highest BCUT2D eigenvalue weighted by molar-refractivity contribution is 7.13. The molecule has 1 N–H and O–H groups in total. The number of methoxy groups -OCH3 is 2. The van der Waals surface area contributed by atoms with Crippen LogP contribution in [-0.2, 0) is 19.1 Å². The first-order valence-electron chi connectivity index (χ1n) is 11.7. The van der Waals surface area contributed by atoms with Crippen molar-refractivity contribution in [2.75, 3.05) is 14.2 Å². The van der Waals surface area contributed by atoms with Crippen LogP contribution in [0.1, 0.15) is 42.0 Å². The van der Waals surface area contributed by atoms with E-state index >= 15 is 0 Å². The third kappa shape index (κ3) is 4.46. The predicted octanol–water partition coefficient (Wildman–Crippen LogP) is 5.98. The van der Waals surface area contributed by atoms with Crippen LogP contribution >= 0.6 is 11.3 Å². The van der Waals surface area contributed by atoms with E-state index in [9.17, 15) is 9.59 Å². The van der Waals surface area contributed by atoms with Crippen molar-refractivity contribution in [3.05, 3.63) is 86.6 Å². The number of esters is 2. The molecule has 2 aromatic carbocycles. The Morgan fingerprint density at radius 2 is 1.44 bits per heavy atom. The van der Waals surface area contributed by atoms with Gasteiger partial charge in [-0.25, -0.2) is 14.6 Å². The topological polar surface area (TPSA) is 77.5 Å². The summed E-state index contributed by atoms with van der Waals surface area (Å²) in [4.78, 5) is 30.9. The molecule has 0 saturated carbocycles. The van der Waals surface area contributed by atoms with Gasteiger partial charge in [-0.05, 0) is 51.3 Å². The molecular weight excluding hydrogens is 472 g/mol. The summed E-state index contributed by atoms with van der Waals surface area (Å²) < 4.78 is 10.3. The van der Waals surface area contributed by atoms with Crippen molar-refractivity contribution in [1.29, 1.82) is 0 Å². The second-order valence-electron chi connectivity index (χ2n) is 9.02. The minimum atomic E-state index is -0.669. The van der Waals surface area contributed by atoms with Crippen molar-refractivity contribution in [3.8, 4) is 21.8 Å². The molecule has 0 radical (unpaired) electrons. The van der Waals surface area contributed by atoms with Crippen LogP contribution in [0.3, 0.4) is 0 Å². The average Bonchev–Trinajstić information content (AvgIpc) is 3.31. The molecule has 1 aliphatic heterocycles. The summed E-state index contributed by atoms with van der Waals surface area (Å²) in [7, 11) is 2.68. The number of benzene rings is 2. The monoisotopic (exact) mass is 502 g/mol. The van der Waals surface area contributed by atoms with Crippen LogP contribution in [0.2, 0.25) is 0 Å². The van der Waals surface area contributed by atoms with Gasteiger partial charge in [0, 0.05) is 27.9 Å². The molecule has 36 heavy (non-hydrogen) atoms. The van der Waals surface area contributed by atoms with Crippen LogP contribution in [-0.4, -0.2) is 31.1 Å². The van der Waals surface area contributed by atoms with Gasteiger partial charge in [0.05, 0.1) is 37.0 Å². The van der Waals surface area contributed by atoms with E-state index in [0.717, 1.165) is 27.4 Å². The number of aromatic nitrogens is 1. The number of thiazole rings is 1. The zero-order chi connectivity index (χ0) is 26.1. The number of nitrogens with one attached hydrogen (secondary N) is 1. The van der Waals surface area contributed by atoms with Crippen molar-refractivity contribution in [1.82, 2.24) is 10.3 Å². The van der Waals surface area contributed by atoms with Crippen molar-refractivity contribution >= 4 is 23.3 Å². The Kier molecular flexibility index (Phi) is 7.13. The lowest BCUT2D eigenvalue weighted by molar-refractivity contribution is -0.137. The normalized spacial score (nSPS) is 14.1. The number of hydrogen-bond donors (Lipinski definition) is 1. The molecule has 6 nitrogen and oxygen atoms in total. The summed E-state index contributed by atoms with van der Waals surface area (Å²) in [5.41, 5.74) is 9.26. The molecule has 0 saturated heterocycles. The number of dihydropyridines is 1. The van der Waals surface area contributed by atoms with Gasteiger partial charge in [-0.15, -0.1) is 11.3 Å². The quantitative estimate of drug-likeness (QED) is 0.432. The Bertz CT molecular complexity index is 1370. The second-order valence-corrected chi connectivity index (χ2v) is 9.88.